The zero-order chi connectivity index (χ0) is 28.1. The number of aromatic nitrogens is 1. The van der Waals surface area contributed by atoms with Crippen molar-refractivity contribution in [2.24, 2.45) is 11.8 Å². The third-order valence-corrected chi connectivity index (χ3v) is 10.5. The van der Waals surface area contributed by atoms with E-state index in [1.807, 2.05) is 0 Å². The van der Waals surface area contributed by atoms with Crippen LogP contribution in [0.4, 0.5) is 14.5 Å². The third-order valence-electron chi connectivity index (χ3n) is 7.89. The number of halogens is 3. The Morgan fingerprint density at radius 3 is 2.41 bits per heavy atom. The SMILES string of the molecule is O=C(Nc1ccc(F)c(F)c1)c1ccc(Cl)c(S(=O)(=O)C2CC3CC(C2)C3(O)C(O)C(O)c2cccnc2)c1. The van der Waals surface area contributed by atoms with Crippen LogP contribution in [0.3, 0.4) is 0 Å². The number of carbonyl (C=O) groups is 1. The van der Waals surface area contributed by atoms with Crippen LogP contribution in [0.25, 0.3) is 0 Å². The average molecular weight is 579 g/mol. The monoisotopic (exact) mass is 578 g/mol. The summed E-state index contributed by atoms with van der Waals surface area (Å²) < 4.78 is 53.9. The summed E-state index contributed by atoms with van der Waals surface area (Å²) in [5, 5.41) is 34.2. The van der Waals surface area contributed by atoms with Crippen molar-refractivity contribution in [1.29, 1.82) is 0 Å². The van der Waals surface area contributed by atoms with Crippen molar-refractivity contribution in [3.8, 4) is 0 Å². The van der Waals surface area contributed by atoms with E-state index in [0.717, 1.165) is 18.2 Å². The number of aliphatic hydroxyl groups excluding tert-OH is 2. The van der Waals surface area contributed by atoms with E-state index >= 15 is 0 Å². The molecule has 8 nitrogen and oxygen atoms in total. The average Bonchev–Trinajstić information content (AvgIpc) is 2.94. The molecule has 6 rings (SSSR count). The molecule has 3 saturated carbocycles. The minimum absolute atomic E-state index is 0.0167. The number of fused-ring (bicyclic) bond motifs is 2. The van der Waals surface area contributed by atoms with Crippen LogP contribution in [-0.2, 0) is 9.84 Å². The van der Waals surface area contributed by atoms with Crippen LogP contribution in [0.5, 0.6) is 0 Å². The fraction of sp³-hybridized carbons (Fsp3) is 0.333. The lowest BCUT2D eigenvalue weighted by atomic mass is 9.51. The molecule has 12 heteroatoms. The van der Waals surface area contributed by atoms with Crippen LogP contribution in [0, 0.1) is 23.5 Å². The van der Waals surface area contributed by atoms with Gasteiger partial charge in [0.1, 0.15) is 12.2 Å². The number of pyridine rings is 1. The number of anilines is 1. The first-order valence-corrected chi connectivity index (χ1v) is 14.1. The molecule has 0 aliphatic heterocycles. The van der Waals surface area contributed by atoms with Crippen molar-refractivity contribution < 1.29 is 37.3 Å². The predicted molar refractivity (Wildman–Crippen MR) is 138 cm³/mol. The molecule has 2 aromatic carbocycles. The van der Waals surface area contributed by atoms with E-state index in [-0.39, 0.29) is 34.0 Å². The molecule has 3 aliphatic carbocycles. The van der Waals surface area contributed by atoms with E-state index in [4.69, 9.17) is 11.6 Å². The predicted octanol–water partition coefficient (Wildman–Crippen LogP) is 3.66. The summed E-state index contributed by atoms with van der Waals surface area (Å²) in [6.07, 6.45) is 0.487. The van der Waals surface area contributed by atoms with E-state index in [0.29, 0.717) is 12.0 Å². The van der Waals surface area contributed by atoms with Crippen molar-refractivity contribution >= 4 is 33.0 Å². The van der Waals surface area contributed by atoms with Crippen molar-refractivity contribution in [3.05, 3.63) is 88.7 Å². The van der Waals surface area contributed by atoms with Crippen molar-refractivity contribution in [1.82, 2.24) is 4.98 Å². The Bertz CT molecular complexity index is 1510. The molecular formula is C27H25ClF2N2O6S. The highest BCUT2D eigenvalue weighted by Gasteiger charge is 2.64. The number of hydrogen-bond donors (Lipinski definition) is 4. The molecule has 1 amide bonds. The van der Waals surface area contributed by atoms with Gasteiger partial charge >= 0.3 is 0 Å². The second-order valence-corrected chi connectivity index (χ2v) is 12.7. The Labute approximate surface area is 228 Å². The van der Waals surface area contributed by atoms with E-state index in [9.17, 15) is 37.3 Å². The topological polar surface area (TPSA) is 137 Å². The van der Waals surface area contributed by atoms with Gasteiger partial charge in [-0.25, -0.2) is 17.2 Å². The maximum atomic E-state index is 13.6. The molecule has 3 fully saturated rings. The van der Waals surface area contributed by atoms with Crippen LogP contribution in [0.2, 0.25) is 5.02 Å². The summed E-state index contributed by atoms with van der Waals surface area (Å²) in [5.41, 5.74) is -1.41. The maximum Gasteiger partial charge on any atom is 0.255 e. The molecule has 206 valence electrons. The Hall–Kier alpha value is -2.96. The molecule has 3 aromatic rings. The fourth-order valence-corrected chi connectivity index (χ4v) is 8.14. The number of rotatable bonds is 7. The Kier molecular flexibility index (Phi) is 7.23. The maximum absolute atomic E-state index is 13.6. The molecule has 2 bridgehead atoms. The summed E-state index contributed by atoms with van der Waals surface area (Å²) >= 11 is 6.24. The van der Waals surface area contributed by atoms with Gasteiger partial charge < -0.3 is 20.6 Å². The number of aliphatic hydroxyl groups is 3. The minimum Gasteiger partial charge on any atom is -0.387 e. The summed E-state index contributed by atoms with van der Waals surface area (Å²) in [4.78, 5) is 16.4. The summed E-state index contributed by atoms with van der Waals surface area (Å²) in [6, 6.07) is 9.69. The van der Waals surface area contributed by atoms with E-state index in [1.165, 1.54) is 30.6 Å². The van der Waals surface area contributed by atoms with Crippen molar-refractivity contribution in [3.63, 3.8) is 0 Å². The molecule has 0 spiro atoms. The zero-order valence-electron chi connectivity index (χ0n) is 20.3. The number of amides is 1. The van der Waals surface area contributed by atoms with Crippen LogP contribution in [0.1, 0.15) is 41.3 Å². The summed E-state index contributed by atoms with van der Waals surface area (Å²) in [5.74, 6) is -4.15. The van der Waals surface area contributed by atoms with E-state index in [2.05, 4.69) is 10.3 Å². The van der Waals surface area contributed by atoms with Gasteiger partial charge in [-0.05, 0) is 67.5 Å². The number of nitrogens with zero attached hydrogens (tertiary/aromatic N) is 1. The smallest absolute Gasteiger partial charge is 0.255 e. The molecule has 4 N–H and O–H groups in total. The molecule has 4 unspecified atom stereocenters. The highest BCUT2D eigenvalue weighted by Crippen LogP contribution is 2.58. The molecule has 1 aromatic heterocycles. The van der Waals surface area contributed by atoms with Crippen molar-refractivity contribution in [2.75, 3.05) is 5.32 Å². The Balaban J connectivity index is 1.34. The molecule has 3 aliphatic rings. The number of hydrogen-bond acceptors (Lipinski definition) is 7. The molecule has 1 heterocycles. The molecule has 0 radical (unpaired) electrons. The standard InChI is InChI=1S/C27H25ClF2N2O6S/c28-20-5-3-14(26(35)32-18-4-6-21(29)22(30)12-18)8-23(20)39(37,38)19-10-16-9-17(11-19)27(16,36)25(34)24(33)15-2-1-7-31-13-15/h1-8,12-13,16-17,19,24-25,33-34,36H,9-11H2,(H,32,35). The summed E-state index contributed by atoms with van der Waals surface area (Å²) in [6.45, 7) is 0. The first-order valence-electron chi connectivity index (χ1n) is 12.2. The van der Waals surface area contributed by atoms with Crippen LogP contribution >= 0.6 is 11.6 Å². The minimum atomic E-state index is -4.07. The van der Waals surface area contributed by atoms with Gasteiger partial charge in [0.15, 0.2) is 21.5 Å². The lowest BCUT2D eigenvalue weighted by Gasteiger charge is -2.60. The highest BCUT2D eigenvalue weighted by atomic mass is 35.5. The summed E-state index contributed by atoms with van der Waals surface area (Å²) in [7, 11) is -4.07. The van der Waals surface area contributed by atoms with Gasteiger partial charge in [0.05, 0.1) is 20.8 Å². The molecule has 0 saturated heterocycles. The van der Waals surface area contributed by atoms with Gasteiger partial charge in [0.25, 0.3) is 5.91 Å². The van der Waals surface area contributed by atoms with E-state index < -0.39 is 62.3 Å². The van der Waals surface area contributed by atoms with Gasteiger partial charge in [-0.15, -0.1) is 0 Å². The quantitative estimate of drug-likeness (QED) is 0.336. The van der Waals surface area contributed by atoms with Crippen molar-refractivity contribution in [2.45, 2.75) is 47.2 Å². The van der Waals surface area contributed by atoms with Gasteiger partial charge in [-0.2, -0.15) is 0 Å². The fourth-order valence-electron chi connectivity index (χ4n) is 5.74. The van der Waals surface area contributed by atoms with Crippen LogP contribution < -0.4 is 5.32 Å². The van der Waals surface area contributed by atoms with Gasteiger partial charge in [-0.1, -0.05) is 17.7 Å². The highest BCUT2D eigenvalue weighted by molar-refractivity contribution is 7.92. The number of sulfone groups is 1. The normalized spacial score (nSPS) is 25.8. The Morgan fingerprint density at radius 2 is 1.77 bits per heavy atom. The van der Waals surface area contributed by atoms with Gasteiger partial charge in [0, 0.05) is 35.3 Å². The number of benzene rings is 2. The van der Waals surface area contributed by atoms with Crippen LogP contribution in [-0.4, -0.2) is 51.6 Å². The lowest BCUT2D eigenvalue weighted by molar-refractivity contribution is -0.252. The van der Waals surface area contributed by atoms with Gasteiger partial charge in [0.2, 0.25) is 0 Å². The number of nitrogens with one attached hydrogen (secondary N) is 1. The molecule has 4 atom stereocenters. The lowest BCUT2D eigenvalue weighted by Crippen LogP contribution is -2.68. The second-order valence-electron chi connectivity index (χ2n) is 10.1. The Morgan fingerprint density at radius 1 is 1.05 bits per heavy atom. The molecule has 39 heavy (non-hydrogen) atoms. The number of carbonyl (C=O) groups excluding carboxylic acids is 1. The third kappa shape index (κ3) is 4.82. The first-order chi connectivity index (χ1) is 18.4. The van der Waals surface area contributed by atoms with Gasteiger partial charge in [-0.3, -0.25) is 9.78 Å². The van der Waals surface area contributed by atoms with Crippen LogP contribution in [0.15, 0.2) is 65.8 Å². The first kappa shape index (κ1) is 27.6. The zero-order valence-corrected chi connectivity index (χ0v) is 21.9. The molecular weight excluding hydrogens is 554 g/mol. The second kappa shape index (κ2) is 10.2. The van der Waals surface area contributed by atoms with E-state index in [1.54, 1.807) is 12.1 Å². The largest absolute Gasteiger partial charge is 0.387 e.